The number of likely N-dealkylation sites (N-methyl/N-ethyl adjacent to an activating group) is 1. The normalized spacial score (nSPS) is 12.3. The molecule has 3 nitrogen and oxygen atoms in total. The number of hydrogen-bond acceptors (Lipinski definition) is 4. The largest absolute Gasteiger partial charge is 0.311 e. The molecular weight excluding hydrogens is 266 g/mol. The Hall–Kier alpha value is -1.67. The fourth-order valence-electron chi connectivity index (χ4n) is 2.15. The fraction of sp³-hybridized carbons (Fsp3) is 0.312. The van der Waals surface area contributed by atoms with Gasteiger partial charge in [-0.05, 0) is 37.2 Å². The van der Waals surface area contributed by atoms with Crippen LogP contribution in [0.15, 0.2) is 41.8 Å². The lowest BCUT2D eigenvalue weighted by molar-refractivity contribution is 0.292. The molecule has 2 rings (SSSR count). The van der Waals surface area contributed by atoms with E-state index in [1.807, 2.05) is 24.3 Å². The van der Waals surface area contributed by atoms with Crippen LogP contribution in [0.25, 0.3) is 0 Å². The van der Waals surface area contributed by atoms with Gasteiger partial charge in [0.05, 0.1) is 17.7 Å². The van der Waals surface area contributed by atoms with Crippen molar-refractivity contribution < 1.29 is 0 Å². The van der Waals surface area contributed by atoms with Crippen molar-refractivity contribution in [2.75, 3.05) is 20.6 Å². The molecule has 0 saturated heterocycles. The van der Waals surface area contributed by atoms with Gasteiger partial charge in [-0.1, -0.05) is 24.3 Å². The Kier molecular flexibility index (Phi) is 5.31. The van der Waals surface area contributed by atoms with Crippen molar-refractivity contribution in [3.8, 4) is 6.07 Å². The van der Waals surface area contributed by atoms with E-state index in [1.54, 1.807) is 11.3 Å². The number of nitrogens with zero attached hydrogens (tertiary/aromatic N) is 2. The van der Waals surface area contributed by atoms with Crippen LogP contribution >= 0.6 is 11.3 Å². The zero-order chi connectivity index (χ0) is 14.4. The quantitative estimate of drug-likeness (QED) is 0.886. The number of hydrogen-bond donors (Lipinski definition) is 1. The maximum absolute atomic E-state index is 9.08. The molecule has 0 aliphatic heterocycles. The molecule has 1 aromatic carbocycles. The summed E-state index contributed by atoms with van der Waals surface area (Å²) in [6, 6.07) is 14.6. The smallest absolute Gasteiger partial charge is 0.0995 e. The van der Waals surface area contributed by atoms with E-state index in [-0.39, 0.29) is 0 Å². The highest BCUT2D eigenvalue weighted by Crippen LogP contribution is 2.22. The van der Waals surface area contributed by atoms with E-state index in [9.17, 15) is 0 Å². The molecule has 1 N–H and O–H groups in total. The Bertz CT molecular complexity index is 570. The molecule has 0 radical (unpaired) electrons. The van der Waals surface area contributed by atoms with Gasteiger partial charge in [0.25, 0.3) is 0 Å². The summed E-state index contributed by atoms with van der Waals surface area (Å²) in [6.45, 7) is 1.59. The van der Waals surface area contributed by atoms with E-state index in [0.29, 0.717) is 6.04 Å². The highest BCUT2D eigenvalue weighted by molar-refractivity contribution is 7.10. The third-order valence-corrected chi connectivity index (χ3v) is 4.26. The predicted molar refractivity (Wildman–Crippen MR) is 83.6 cm³/mol. The molecule has 20 heavy (non-hydrogen) atoms. The third-order valence-electron chi connectivity index (χ3n) is 3.29. The highest BCUT2D eigenvalue weighted by atomic mass is 32.1. The molecule has 2 aromatic rings. The van der Waals surface area contributed by atoms with Gasteiger partial charge in [0.15, 0.2) is 0 Å². The molecule has 1 atom stereocenters. The van der Waals surface area contributed by atoms with Crippen molar-refractivity contribution in [2.45, 2.75) is 12.6 Å². The maximum atomic E-state index is 9.08. The maximum Gasteiger partial charge on any atom is 0.0995 e. The zero-order valence-corrected chi connectivity index (χ0v) is 12.7. The number of thiophene rings is 1. The molecule has 104 valence electrons. The Morgan fingerprint density at radius 3 is 2.70 bits per heavy atom. The molecule has 1 unspecified atom stereocenters. The number of nitriles is 1. The average molecular weight is 285 g/mol. The molecule has 0 fully saturated rings. The first-order chi connectivity index (χ1) is 9.72. The van der Waals surface area contributed by atoms with Gasteiger partial charge in [-0.25, -0.2) is 0 Å². The first-order valence-corrected chi connectivity index (χ1v) is 7.49. The van der Waals surface area contributed by atoms with Crippen molar-refractivity contribution in [1.29, 1.82) is 5.26 Å². The molecule has 1 aromatic heterocycles. The summed E-state index contributed by atoms with van der Waals surface area (Å²) in [7, 11) is 4.19. The molecule has 0 aliphatic rings. The van der Waals surface area contributed by atoms with Gasteiger partial charge in [-0.15, -0.1) is 11.3 Å². The van der Waals surface area contributed by atoms with Gasteiger partial charge in [-0.2, -0.15) is 5.26 Å². The first kappa shape index (κ1) is 14.7. The molecule has 4 heteroatoms. The number of benzene rings is 1. The van der Waals surface area contributed by atoms with Gasteiger partial charge in [0.1, 0.15) is 0 Å². The summed E-state index contributed by atoms with van der Waals surface area (Å²) in [5.74, 6) is 0. The predicted octanol–water partition coefficient (Wildman–Crippen LogP) is 3.01. The van der Waals surface area contributed by atoms with Crippen molar-refractivity contribution >= 4 is 11.3 Å². The summed E-state index contributed by atoms with van der Waals surface area (Å²) >= 11 is 1.78. The van der Waals surface area contributed by atoms with E-state index >= 15 is 0 Å². The van der Waals surface area contributed by atoms with Crippen LogP contribution in [0.1, 0.15) is 22.0 Å². The molecule has 1 heterocycles. The van der Waals surface area contributed by atoms with Gasteiger partial charge < -0.3 is 10.2 Å². The SMILES string of the molecule is CN(C)C(CNCc1ccccc1C#N)c1cccs1. The van der Waals surface area contributed by atoms with Crippen LogP contribution in [-0.2, 0) is 6.54 Å². The summed E-state index contributed by atoms with van der Waals surface area (Å²) in [4.78, 5) is 3.57. The van der Waals surface area contributed by atoms with Crippen molar-refractivity contribution in [1.82, 2.24) is 10.2 Å². The van der Waals surface area contributed by atoms with Gasteiger partial charge in [0, 0.05) is 18.0 Å². The molecule has 0 saturated carbocycles. The highest BCUT2D eigenvalue weighted by Gasteiger charge is 2.14. The lowest BCUT2D eigenvalue weighted by Crippen LogP contribution is -2.30. The number of nitrogens with one attached hydrogen (secondary N) is 1. The minimum absolute atomic E-state index is 0.365. The standard InChI is InChI=1S/C16H19N3S/c1-19(2)15(16-8-5-9-20-16)12-18-11-14-7-4-3-6-13(14)10-17/h3-9,15,18H,11-12H2,1-2H3. The minimum Gasteiger partial charge on any atom is -0.311 e. The summed E-state index contributed by atoms with van der Waals surface area (Å²) < 4.78 is 0. The summed E-state index contributed by atoms with van der Waals surface area (Å²) in [6.07, 6.45) is 0. The summed E-state index contributed by atoms with van der Waals surface area (Å²) in [5.41, 5.74) is 1.80. The molecule has 0 spiro atoms. The Morgan fingerprint density at radius 2 is 2.05 bits per heavy atom. The third kappa shape index (κ3) is 3.67. The van der Waals surface area contributed by atoms with Crippen LogP contribution < -0.4 is 5.32 Å². The molecule has 0 amide bonds. The topological polar surface area (TPSA) is 39.1 Å². The van der Waals surface area contributed by atoms with Crippen molar-refractivity contribution in [3.63, 3.8) is 0 Å². The van der Waals surface area contributed by atoms with E-state index in [0.717, 1.165) is 24.2 Å². The molecule has 0 bridgehead atoms. The Balaban J connectivity index is 1.96. The molecular formula is C16H19N3S. The monoisotopic (exact) mass is 285 g/mol. The van der Waals surface area contributed by atoms with Gasteiger partial charge in [0.2, 0.25) is 0 Å². The summed E-state index contributed by atoms with van der Waals surface area (Å²) in [5, 5.41) is 14.6. The van der Waals surface area contributed by atoms with Crippen molar-refractivity contribution in [3.05, 3.63) is 57.8 Å². The second-order valence-electron chi connectivity index (χ2n) is 4.89. The minimum atomic E-state index is 0.365. The van der Waals surface area contributed by atoms with E-state index in [4.69, 9.17) is 5.26 Å². The van der Waals surface area contributed by atoms with E-state index < -0.39 is 0 Å². The molecule has 0 aliphatic carbocycles. The van der Waals surface area contributed by atoms with E-state index in [1.165, 1.54) is 4.88 Å². The van der Waals surface area contributed by atoms with Crippen LogP contribution in [0, 0.1) is 11.3 Å². The average Bonchev–Trinajstić information content (AvgIpc) is 2.97. The van der Waals surface area contributed by atoms with Crippen LogP contribution in [0.3, 0.4) is 0 Å². The zero-order valence-electron chi connectivity index (χ0n) is 11.8. The van der Waals surface area contributed by atoms with Crippen LogP contribution in [0.5, 0.6) is 0 Å². The fourth-order valence-corrected chi connectivity index (χ4v) is 3.07. The Morgan fingerprint density at radius 1 is 1.25 bits per heavy atom. The first-order valence-electron chi connectivity index (χ1n) is 6.61. The lowest BCUT2D eigenvalue weighted by Gasteiger charge is -2.23. The number of rotatable bonds is 6. The van der Waals surface area contributed by atoms with Crippen LogP contribution in [0.2, 0.25) is 0 Å². The second kappa shape index (κ2) is 7.20. The van der Waals surface area contributed by atoms with E-state index in [2.05, 4.69) is 47.9 Å². The van der Waals surface area contributed by atoms with Crippen LogP contribution in [-0.4, -0.2) is 25.5 Å². The second-order valence-corrected chi connectivity index (χ2v) is 5.87. The Labute approximate surface area is 124 Å². The lowest BCUT2D eigenvalue weighted by atomic mass is 10.1. The van der Waals surface area contributed by atoms with Gasteiger partial charge in [-0.3, -0.25) is 0 Å². The van der Waals surface area contributed by atoms with Gasteiger partial charge >= 0.3 is 0 Å². The van der Waals surface area contributed by atoms with Crippen molar-refractivity contribution in [2.24, 2.45) is 0 Å². The van der Waals surface area contributed by atoms with Crippen LogP contribution in [0.4, 0.5) is 0 Å².